The fourth-order valence-corrected chi connectivity index (χ4v) is 2.17. The Bertz CT molecular complexity index is 681. The van der Waals surface area contributed by atoms with Gasteiger partial charge in [0.25, 0.3) is 0 Å². The zero-order valence-corrected chi connectivity index (χ0v) is 14.2. The molecule has 128 valence electrons. The second-order valence-electron chi connectivity index (χ2n) is 5.00. The Labute approximate surface area is 142 Å². The van der Waals surface area contributed by atoms with Crippen molar-refractivity contribution in [3.8, 4) is 28.7 Å². The summed E-state index contributed by atoms with van der Waals surface area (Å²) in [6.07, 6.45) is 1.58. The zero-order valence-electron chi connectivity index (χ0n) is 14.2. The molecule has 0 N–H and O–H groups in total. The molecule has 0 unspecified atom stereocenters. The fourth-order valence-electron chi connectivity index (χ4n) is 2.17. The van der Waals surface area contributed by atoms with Crippen molar-refractivity contribution in [3.05, 3.63) is 42.0 Å². The van der Waals surface area contributed by atoms with Gasteiger partial charge in [0.05, 0.1) is 20.3 Å². The van der Waals surface area contributed by atoms with Gasteiger partial charge in [-0.15, -0.1) is 0 Å². The van der Waals surface area contributed by atoms with Crippen LogP contribution in [0.5, 0.6) is 28.7 Å². The van der Waals surface area contributed by atoms with Crippen molar-refractivity contribution < 1.29 is 23.7 Å². The van der Waals surface area contributed by atoms with E-state index in [2.05, 4.69) is 0 Å². The minimum absolute atomic E-state index is 0.414. The molecule has 0 amide bonds. The summed E-state index contributed by atoms with van der Waals surface area (Å²) in [5.74, 6) is 2.51. The maximum atomic E-state index is 11.2. The van der Waals surface area contributed by atoms with Crippen molar-refractivity contribution in [2.75, 3.05) is 20.3 Å². The smallest absolute Gasteiger partial charge is 0.204 e. The van der Waals surface area contributed by atoms with E-state index in [9.17, 15) is 4.79 Å². The molecule has 0 fully saturated rings. The van der Waals surface area contributed by atoms with Gasteiger partial charge in [0.15, 0.2) is 23.0 Å². The number of hydrogen-bond acceptors (Lipinski definition) is 5. The lowest BCUT2D eigenvalue weighted by molar-refractivity contribution is 0.112. The summed E-state index contributed by atoms with van der Waals surface area (Å²) >= 11 is 0. The van der Waals surface area contributed by atoms with Crippen LogP contribution in [0.25, 0.3) is 0 Å². The van der Waals surface area contributed by atoms with Crippen LogP contribution in [0.4, 0.5) is 0 Å². The molecule has 0 aromatic heterocycles. The lowest BCUT2D eigenvalue weighted by Gasteiger charge is -2.17. The SMILES string of the molecule is CCCOc1c(OC)cc(C=O)cc1Oc1ccccc1OCC. The molecule has 5 nitrogen and oxygen atoms in total. The predicted molar refractivity (Wildman–Crippen MR) is 91.9 cm³/mol. The number of ether oxygens (including phenoxy) is 4. The zero-order chi connectivity index (χ0) is 17.4. The van der Waals surface area contributed by atoms with Crippen LogP contribution in [0.1, 0.15) is 30.6 Å². The number of methoxy groups -OCH3 is 1. The van der Waals surface area contributed by atoms with Gasteiger partial charge in [0.1, 0.15) is 6.29 Å². The van der Waals surface area contributed by atoms with Crippen molar-refractivity contribution in [2.24, 2.45) is 0 Å². The van der Waals surface area contributed by atoms with Crippen molar-refractivity contribution in [2.45, 2.75) is 20.3 Å². The third kappa shape index (κ3) is 4.19. The molecule has 0 heterocycles. The molecule has 0 aliphatic rings. The molecular weight excluding hydrogens is 308 g/mol. The normalized spacial score (nSPS) is 10.1. The number of carbonyl (C=O) groups excluding carboxylic acids is 1. The quantitative estimate of drug-likeness (QED) is 0.634. The van der Waals surface area contributed by atoms with E-state index >= 15 is 0 Å². The van der Waals surface area contributed by atoms with E-state index in [1.165, 1.54) is 7.11 Å². The third-order valence-corrected chi connectivity index (χ3v) is 3.22. The van der Waals surface area contributed by atoms with Gasteiger partial charge in [-0.1, -0.05) is 19.1 Å². The molecule has 0 spiro atoms. The molecule has 2 aromatic carbocycles. The summed E-state index contributed by atoms with van der Waals surface area (Å²) in [6.45, 7) is 4.96. The van der Waals surface area contributed by atoms with Gasteiger partial charge in [-0.3, -0.25) is 4.79 Å². The highest BCUT2D eigenvalue weighted by atomic mass is 16.6. The van der Waals surface area contributed by atoms with E-state index in [1.54, 1.807) is 18.2 Å². The van der Waals surface area contributed by atoms with Gasteiger partial charge in [-0.25, -0.2) is 0 Å². The third-order valence-electron chi connectivity index (χ3n) is 3.22. The summed E-state index contributed by atoms with van der Waals surface area (Å²) in [4.78, 5) is 11.2. The number of hydrogen-bond donors (Lipinski definition) is 0. The van der Waals surface area contributed by atoms with E-state index in [-0.39, 0.29) is 0 Å². The number of rotatable bonds is 9. The van der Waals surface area contributed by atoms with E-state index in [0.717, 1.165) is 12.7 Å². The number of para-hydroxylation sites is 2. The molecular formula is C19H22O5. The molecule has 5 heteroatoms. The first-order valence-electron chi connectivity index (χ1n) is 7.93. The summed E-state index contributed by atoms with van der Waals surface area (Å²) in [7, 11) is 1.53. The highest BCUT2D eigenvalue weighted by Gasteiger charge is 2.17. The Balaban J connectivity index is 2.45. The molecule has 0 saturated carbocycles. The van der Waals surface area contributed by atoms with Crippen LogP contribution in [-0.2, 0) is 0 Å². The molecule has 0 atom stereocenters. The molecule has 2 rings (SSSR count). The van der Waals surface area contributed by atoms with Crippen molar-refractivity contribution in [3.63, 3.8) is 0 Å². The first kappa shape index (κ1) is 17.7. The first-order valence-corrected chi connectivity index (χ1v) is 7.93. The Kier molecular flexibility index (Phi) is 6.49. The van der Waals surface area contributed by atoms with Crippen LogP contribution in [0.3, 0.4) is 0 Å². The van der Waals surface area contributed by atoms with E-state index in [1.807, 2.05) is 32.0 Å². The van der Waals surface area contributed by atoms with Crippen molar-refractivity contribution >= 4 is 6.29 Å². The summed E-state index contributed by atoms with van der Waals surface area (Å²) in [6, 6.07) is 10.6. The standard InChI is InChI=1S/C19H22O5/c1-4-10-23-19-17(21-3)11-14(13-20)12-18(19)24-16-9-7-6-8-15(16)22-5-2/h6-9,11-13H,4-5,10H2,1-3H3. The molecule has 0 aliphatic heterocycles. The predicted octanol–water partition coefficient (Wildman–Crippen LogP) is 4.49. The Hall–Kier alpha value is -2.69. The molecule has 0 radical (unpaired) electrons. The Morgan fingerprint density at radius 2 is 1.67 bits per heavy atom. The average Bonchev–Trinajstić information content (AvgIpc) is 2.61. The number of carbonyl (C=O) groups is 1. The summed E-state index contributed by atoms with van der Waals surface area (Å²) in [5.41, 5.74) is 0.444. The summed E-state index contributed by atoms with van der Waals surface area (Å²) in [5, 5.41) is 0. The van der Waals surface area contributed by atoms with Crippen LogP contribution >= 0.6 is 0 Å². The minimum atomic E-state index is 0.414. The van der Waals surface area contributed by atoms with Gasteiger partial charge in [0, 0.05) is 5.56 Å². The van der Waals surface area contributed by atoms with E-state index in [4.69, 9.17) is 18.9 Å². The van der Waals surface area contributed by atoms with E-state index in [0.29, 0.717) is 47.5 Å². The van der Waals surface area contributed by atoms with Crippen LogP contribution < -0.4 is 18.9 Å². The van der Waals surface area contributed by atoms with Crippen LogP contribution in [0, 0.1) is 0 Å². The van der Waals surface area contributed by atoms with Gasteiger partial charge >= 0.3 is 0 Å². The van der Waals surface area contributed by atoms with Gasteiger partial charge in [0.2, 0.25) is 5.75 Å². The fraction of sp³-hybridized carbons (Fsp3) is 0.316. The van der Waals surface area contributed by atoms with Crippen molar-refractivity contribution in [1.82, 2.24) is 0 Å². The molecule has 0 bridgehead atoms. The minimum Gasteiger partial charge on any atom is -0.493 e. The molecule has 0 aliphatic carbocycles. The monoisotopic (exact) mass is 330 g/mol. The Morgan fingerprint density at radius 1 is 0.958 bits per heavy atom. The molecule has 24 heavy (non-hydrogen) atoms. The number of benzene rings is 2. The first-order chi connectivity index (χ1) is 11.7. The molecule has 2 aromatic rings. The number of aldehydes is 1. The molecule has 0 saturated heterocycles. The highest BCUT2D eigenvalue weighted by Crippen LogP contribution is 2.42. The largest absolute Gasteiger partial charge is 0.493 e. The van der Waals surface area contributed by atoms with Crippen LogP contribution in [0.15, 0.2) is 36.4 Å². The lowest BCUT2D eigenvalue weighted by Crippen LogP contribution is -2.02. The average molecular weight is 330 g/mol. The van der Waals surface area contributed by atoms with E-state index < -0.39 is 0 Å². The topological polar surface area (TPSA) is 54.0 Å². The van der Waals surface area contributed by atoms with Gasteiger partial charge in [-0.05, 0) is 37.6 Å². The van der Waals surface area contributed by atoms with Crippen LogP contribution in [0.2, 0.25) is 0 Å². The van der Waals surface area contributed by atoms with Crippen molar-refractivity contribution in [1.29, 1.82) is 0 Å². The van der Waals surface area contributed by atoms with Gasteiger partial charge < -0.3 is 18.9 Å². The maximum absolute atomic E-state index is 11.2. The van der Waals surface area contributed by atoms with Gasteiger partial charge in [-0.2, -0.15) is 0 Å². The second kappa shape index (κ2) is 8.82. The van der Waals surface area contributed by atoms with Crippen LogP contribution in [-0.4, -0.2) is 26.6 Å². The highest BCUT2D eigenvalue weighted by molar-refractivity contribution is 5.78. The maximum Gasteiger partial charge on any atom is 0.204 e. The lowest BCUT2D eigenvalue weighted by atomic mass is 10.2. The Morgan fingerprint density at radius 3 is 2.29 bits per heavy atom. The summed E-state index contributed by atoms with van der Waals surface area (Å²) < 4.78 is 22.7. The second-order valence-corrected chi connectivity index (χ2v) is 5.00.